The molecule has 31 heavy (non-hydrogen) atoms. The molecule has 0 spiro atoms. The van der Waals surface area contributed by atoms with Gasteiger partial charge in [-0.3, -0.25) is 10.3 Å². The van der Waals surface area contributed by atoms with Crippen molar-refractivity contribution in [3.8, 4) is 17.6 Å². The number of nitrogens with one attached hydrogen (secondary N) is 1. The van der Waals surface area contributed by atoms with Gasteiger partial charge < -0.3 is 9.47 Å². The van der Waals surface area contributed by atoms with Gasteiger partial charge in [0, 0.05) is 5.56 Å². The molecule has 3 aromatic rings. The highest BCUT2D eigenvalue weighted by Gasteiger charge is 2.22. The minimum absolute atomic E-state index is 0.501. The maximum atomic E-state index is 8.94. The summed E-state index contributed by atoms with van der Waals surface area (Å²) in [6.07, 6.45) is 4.19. The van der Waals surface area contributed by atoms with Gasteiger partial charge in [0.2, 0.25) is 0 Å². The van der Waals surface area contributed by atoms with Crippen molar-refractivity contribution in [1.29, 1.82) is 5.26 Å². The molecule has 0 unspecified atom stereocenters. The van der Waals surface area contributed by atoms with Crippen LogP contribution < -0.4 is 15.0 Å². The van der Waals surface area contributed by atoms with E-state index in [1.165, 1.54) is 25.5 Å². The highest BCUT2D eigenvalue weighted by Crippen LogP contribution is 2.40. The normalized spacial score (nSPS) is 13.4. The lowest BCUT2D eigenvalue weighted by atomic mass is 10.1. The van der Waals surface area contributed by atoms with Crippen LogP contribution in [0.1, 0.15) is 41.0 Å². The van der Waals surface area contributed by atoms with E-state index < -0.39 is 0 Å². The van der Waals surface area contributed by atoms with Gasteiger partial charge in [-0.2, -0.15) is 5.26 Å². The number of hydrogen-bond acceptors (Lipinski definition) is 5. The first kappa shape index (κ1) is 20.5. The van der Waals surface area contributed by atoms with E-state index in [2.05, 4.69) is 23.7 Å². The van der Waals surface area contributed by atoms with Gasteiger partial charge in [0.1, 0.15) is 30.1 Å². The van der Waals surface area contributed by atoms with E-state index in [0.717, 1.165) is 22.8 Å². The summed E-state index contributed by atoms with van der Waals surface area (Å²) in [7, 11) is 1.53. The predicted molar refractivity (Wildman–Crippen MR) is 119 cm³/mol. The maximum absolute atomic E-state index is 8.94. The van der Waals surface area contributed by atoms with E-state index in [0.29, 0.717) is 23.6 Å². The van der Waals surface area contributed by atoms with Crippen LogP contribution in [0, 0.1) is 11.3 Å². The second-order valence-electron chi connectivity index (χ2n) is 7.42. The molecule has 1 fully saturated rings. The lowest BCUT2D eigenvalue weighted by Crippen LogP contribution is -2.11. The fourth-order valence-electron chi connectivity index (χ4n) is 3.20. The summed E-state index contributed by atoms with van der Waals surface area (Å²) < 4.78 is 11.7. The van der Waals surface area contributed by atoms with E-state index in [-0.39, 0.29) is 0 Å². The van der Waals surface area contributed by atoms with Crippen LogP contribution in [0.5, 0.6) is 11.5 Å². The van der Waals surface area contributed by atoms with Gasteiger partial charge in [-0.1, -0.05) is 36.4 Å². The van der Waals surface area contributed by atoms with Crippen LogP contribution in [0.25, 0.3) is 5.70 Å². The Kier molecular flexibility index (Phi) is 6.51. The fourth-order valence-corrected chi connectivity index (χ4v) is 3.20. The molecule has 0 bridgehead atoms. The third-order valence-corrected chi connectivity index (χ3v) is 5.11. The average Bonchev–Trinajstić information content (AvgIpc) is 3.67. The SMILES string of the molecule is CONC(=COc1ccc(COc2ccc(C3CC3)cc2)cc1)c1ccc(C#N)cc1. The number of nitriles is 1. The summed E-state index contributed by atoms with van der Waals surface area (Å²) in [6.45, 7) is 0.501. The molecule has 0 radical (unpaired) electrons. The Bertz CT molecular complexity index is 1060. The summed E-state index contributed by atoms with van der Waals surface area (Å²) >= 11 is 0. The Balaban J connectivity index is 1.34. The van der Waals surface area contributed by atoms with Gasteiger partial charge >= 0.3 is 0 Å². The summed E-state index contributed by atoms with van der Waals surface area (Å²) in [5.41, 5.74) is 7.36. The topological polar surface area (TPSA) is 63.5 Å². The third-order valence-electron chi connectivity index (χ3n) is 5.11. The van der Waals surface area contributed by atoms with Crippen molar-refractivity contribution in [2.45, 2.75) is 25.4 Å². The summed E-state index contributed by atoms with van der Waals surface area (Å²) in [4.78, 5) is 5.04. The van der Waals surface area contributed by atoms with Crippen molar-refractivity contribution in [3.63, 3.8) is 0 Å². The highest BCUT2D eigenvalue weighted by atomic mass is 16.6. The van der Waals surface area contributed by atoms with E-state index in [1.807, 2.05) is 48.5 Å². The van der Waals surface area contributed by atoms with Gasteiger partial charge in [0.05, 0.1) is 18.7 Å². The molecule has 0 heterocycles. The van der Waals surface area contributed by atoms with Crippen molar-refractivity contribution >= 4 is 5.70 Å². The van der Waals surface area contributed by atoms with Crippen LogP contribution in [0.3, 0.4) is 0 Å². The zero-order valence-electron chi connectivity index (χ0n) is 17.4. The van der Waals surface area contributed by atoms with Crippen molar-refractivity contribution in [2.24, 2.45) is 0 Å². The Labute approximate surface area is 182 Å². The molecule has 0 aromatic heterocycles. The number of nitrogens with zero attached hydrogens (tertiary/aromatic N) is 1. The Morgan fingerprint density at radius 2 is 1.65 bits per heavy atom. The van der Waals surface area contributed by atoms with Crippen molar-refractivity contribution in [2.75, 3.05) is 7.11 Å². The first-order chi connectivity index (χ1) is 15.2. The summed E-state index contributed by atoms with van der Waals surface area (Å²) in [5, 5.41) is 8.94. The molecule has 1 saturated carbocycles. The molecule has 156 valence electrons. The van der Waals surface area contributed by atoms with E-state index >= 15 is 0 Å². The van der Waals surface area contributed by atoms with Crippen LogP contribution in [0.15, 0.2) is 79.1 Å². The first-order valence-electron chi connectivity index (χ1n) is 10.2. The molecule has 0 amide bonds. The quantitative estimate of drug-likeness (QED) is 0.369. The predicted octanol–water partition coefficient (Wildman–Crippen LogP) is 5.54. The Morgan fingerprint density at radius 1 is 0.968 bits per heavy atom. The van der Waals surface area contributed by atoms with E-state index in [1.54, 1.807) is 18.4 Å². The van der Waals surface area contributed by atoms with Gasteiger partial charge in [-0.15, -0.1) is 0 Å². The molecule has 5 heteroatoms. The van der Waals surface area contributed by atoms with Crippen LogP contribution in [0.2, 0.25) is 0 Å². The van der Waals surface area contributed by atoms with Gasteiger partial charge in [0.25, 0.3) is 0 Å². The van der Waals surface area contributed by atoms with Gasteiger partial charge in [0.15, 0.2) is 0 Å². The fraction of sp³-hybridized carbons (Fsp3) is 0.192. The van der Waals surface area contributed by atoms with E-state index in [4.69, 9.17) is 19.6 Å². The maximum Gasteiger partial charge on any atom is 0.126 e. The zero-order valence-corrected chi connectivity index (χ0v) is 17.4. The van der Waals surface area contributed by atoms with Crippen LogP contribution in [-0.4, -0.2) is 7.11 Å². The molecule has 0 atom stereocenters. The molecule has 0 aliphatic heterocycles. The first-order valence-corrected chi connectivity index (χ1v) is 10.2. The molecular formula is C26H24N2O3. The van der Waals surface area contributed by atoms with Crippen molar-refractivity contribution in [1.82, 2.24) is 5.48 Å². The number of benzene rings is 3. The molecular weight excluding hydrogens is 388 g/mol. The second-order valence-corrected chi connectivity index (χ2v) is 7.42. The Morgan fingerprint density at radius 3 is 2.26 bits per heavy atom. The Hall–Kier alpha value is -3.75. The van der Waals surface area contributed by atoms with Crippen LogP contribution in [0.4, 0.5) is 0 Å². The lowest BCUT2D eigenvalue weighted by molar-refractivity contribution is 0.135. The molecule has 1 N–H and O–H groups in total. The summed E-state index contributed by atoms with van der Waals surface area (Å²) in [5.74, 6) is 2.33. The zero-order chi connectivity index (χ0) is 21.5. The molecule has 1 aliphatic carbocycles. The average molecular weight is 412 g/mol. The number of hydrogen-bond donors (Lipinski definition) is 1. The molecule has 0 saturated heterocycles. The van der Waals surface area contributed by atoms with Crippen molar-refractivity contribution in [3.05, 3.63) is 101 Å². The number of ether oxygens (including phenoxy) is 2. The minimum Gasteiger partial charge on any atom is -0.489 e. The molecule has 4 rings (SSSR count). The minimum atomic E-state index is 0.501. The van der Waals surface area contributed by atoms with Crippen molar-refractivity contribution < 1.29 is 14.3 Å². The van der Waals surface area contributed by atoms with E-state index in [9.17, 15) is 0 Å². The molecule has 3 aromatic carbocycles. The van der Waals surface area contributed by atoms with Gasteiger partial charge in [-0.25, -0.2) is 0 Å². The van der Waals surface area contributed by atoms with Crippen LogP contribution in [-0.2, 0) is 11.4 Å². The molecule has 1 aliphatic rings. The number of rotatable bonds is 9. The largest absolute Gasteiger partial charge is 0.489 e. The highest BCUT2D eigenvalue weighted by molar-refractivity contribution is 5.63. The third kappa shape index (κ3) is 5.65. The molecule has 5 nitrogen and oxygen atoms in total. The standard InChI is InChI=1S/C26H24N2O3/c1-29-28-26(23-6-2-19(16-27)3-7-23)18-31-24-12-4-20(5-13-24)17-30-25-14-10-22(11-15-25)21-8-9-21/h2-7,10-15,18,21,28H,8-9,17H2,1H3. The van der Waals surface area contributed by atoms with Crippen LogP contribution >= 0.6 is 0 Å². The second kappa shape index (κ2) is 9.84. The number of hydroxylamine groups is 1. The smallest absolute Gasteiger partial charge is 0.126 e. The monoisotopic (exact) mass is 412 g/mol. The van der Waals surface area contributed by atoms with Gasteiger partial charge in [-0.05, 0) is 66.3 Å². The lowest BCUT2D eigenvalue weighted by Gasteiger charge is -2.10. The summed E-state index contributed by atoms with van der Waals surface area (Å²) in [6, 6.07) is 25.4.